The molecule has 0 unspecified atom stereocenters. The molecular formula is C17H24N2O4S. The summed E-state index contributed by atoms with van der Waals surface area (Å²) in [5.74, 6) is 0. The van der Waals surface area contributed by atoms with E-state index >= 15 is 0 Å². The number of aryl methyl sites for hydroxylation is 1. The van der Waals surface area contributed by atoms with Crippen molar-refractivity contribution < 1.29 is 13.3 Å². The van der Waals surface area contributed by atoms with E-state index in [1.165, 1.54) is 18.2 Å². The second-order valence-electron chi connectivity index (χ2n) is 6.92. The topological polar surface area (TPSA) is 80.5 Å². The van der Waals surface area contributed by atoms with Crippen LogP contribution in [0.15, 0.2) is 23.1 Å². The molecule has 2 aliphatic rings. The van der Waals surface area contributed by atoms with Crippen LogP contribution >= 0.6 is 0 Å². The highest BCUT2D eigenvalue weighted by Crippen LogP contribution is 2.37. The zero-order valence-electron chi connectivity index (χ0n) is 14.0. The highest BCUT2D eigenvalue weighted by molar-refractivity contribution is 7.89. The molecule has 2 saturated carbocycles. The highest BCUT2D eigenvalue weighted by atomic mass is 32.2. The Hall–Kier alpha value is -1.47. The van der Waals surface area contributed by atoms with Gasteiger partial charge in [0.25, 0.3) is 5.69 Å². The van der Waals surface area contributed by atoms with Crippen LogP contribution < -0.4 is 0 Å². The van der Waals surface area contributed by atoms with Crippen molar-refractivity contribution in [1.82, 2.24) is 4.31 Å². The SMILES string of the molecule is Cc1cc([N+](=O)[O-])ccc1S(=O)(=O)N(C1CCCC1)C1CCCC1. The molecule has 1 aromatic carbocycles. The molecule has 0 atom stereocenters. The van der Waals surface area contributed by atoms with Gasteiger partial charge in [0.1, 0.15) is 0 Å². The molecule has 0 amide bonds. The molecule has 0 radical (unpaired) electrons. The van der Waals surface area contributed by atoms with Gasteiger partial charge < -0.3 is 0 Å². The molecule has 0 bridgehead atoms. The monoisotopic (exact) mass is 352 g/mol. The van der Waals surface area contributed by atoms with E-state index < -0.39 is 14.9 Å². The Labute approximate surface area is 143 Å². The molecule has 24 heavy (non-hydrogen) atoms. The van der Waals surface area contributed by atoms with Gasteiger partial charge in [0.05, 0.1) is 9.82 Å². The van der Waals surface area contributed by atoms with Crippen LogP contribution in [0.5, 0.6) is 0 Å². The van der Waals surface area contributed by atoms with Crippen LogP contribution in [0.3, 0.4) is 0 Å². The number of non-ortho nitro benzene ring substituents is 1. The Bertz CT molecular complexity index is 704. The minimum absolute atomic E-state index is 0.0697. The first kappa shape index (κ1) is 17.4. The molecule has 6 nitrogen and oxygen atoms in total. The van der Waals surface area contributed by atoms with Gasteiger partial charge in [-0.1, -0.05) is 25.7 Å². The summed E-state index contributed by atoms with van der Waals surface area (Å²) in [7, 11) is -3.63. The van der Waals surface area contributed by atoms with Crippen LogP contribution in [0.1, 0.15) is 56.9 Å². The van der Waals surface area contributed by atoms with Gasteiger partial charge >= 0.3 is 0 Å². The lowest BCUT2D eigenvalue weighted by molar-refractivity contribution is -0.385. The lowest BCUT2D eigenvalue weighted by Gasteiger charge is -2.33. The molecule has 132 valence electrons. The second-order valence-corrected chi connectivity index (χ2v) is 8.73. The molecule has 0 aromatic heterocycles. The summed E-state index contributed by atoms with van der Waals surface area (Å²) in [6.45, 7) is 1.64. The van der Waals surface area contributed by atoms with Crippen LogP contribution in [0.25, 0.3) is 0 Å². The minimum Gasteiger partial charge on any atom is -0.258 e. The van der Waals surface area contributed by atoms with E-state index in [-0.39, 0.29) is 22.7 Å². The predicted octanol–water partition coefficient (Wildman–Crippen LogP) is 3.78. The molecule has 2 fully saturated rings. The Morgan fingerprint density at radius 1 is 1.04 bits per heavy atom. The normalized spacial score (nSPS) is 20.1. The maximum absolute atomic E-state index is 13.4. The van der Waals surface area contributed by atoms with Crippen LogP contribution in [-0.2, 0) is 10.0 Å². The van der Waals surface area contributed by atoms with E-state index in [4.69, 9.17) is 0 Å². The number of nitrogens with zero attached hydrogens (tertiary/aromatic N) is 2. The van der Waals surface area contributed by atoms with E-state index in [0.717, 1.165) is 51.4 Å². The molecular weight excluding hydrogens is 328 g/mol. The summed E-state index contributed by atoms with van der Waals surface area (Å²) in [6.07, 6.45) is 7.96. The lowest BCUT2D eigenvalue weighted by Crippen LogP contribution is -2.45. The predicted molar refractivity (Wildman–Crippen MR) is 91.4 cm³/mol. The fourth-order valence-corrected chi connectivity index (χ4v) is 6.30. The number of rotatable bonds is 5. The van der Waals surface area contributed by atoms with E-state index in [9.17, 15) is 18.5 Å². The Morgan fingerprint density at radius 2 is 1.54 bits per heavy atom. The summed E-state index contributed by atoms with van der Waals surface area (Å²) < 4.78 is 28.5. The van der Waals surface area contributed by atoms with Crippen molar-refractivity contribution in [2.45, 2.75) is 75.3 Å². The third-order valence-electron chi connectivity index (χ3n) is 5.29. The first-order valence-corrected chi connectivity index (χ1v) is 10.1. The zero-order valence-corrected chi connectivity index (χ0v) is 14.8. The van der Waals surface area contributed by atoms with Crippen LogP contribution in [0.2, 0.25) is 0 Å². The standard InChI is InChI=1S/C17H24N2O4S/c1-13-12-16(19(20)21)10-11-17(13)24(22,23)18(14-6-2-3-7-14)15-8-4-5-9-15/h10-12,14-15H,2-9H2,1H3. The fourth-order valence-electron chi connectivity index (χ4n) is 4.16. The summed E-state index contributed by atoms with van der Waals surface area (Å²) >= 11 is 0. The zero-order chi connectivity index (χ0) is 17.3. The van der Waals surface area contributed by atoms with Crippen molar-refractivity contribution in [3.8, 4) is 0 Å². The second kappa shape index (κ2) is 6.80. The van der Waals surface area contributed by atoms with Crippen molar-refractivity contribution in [3.63, 3.8) is 0 Å². The first-order chi connectivity index (χ1) is 11.4. The Morgan fingerprint density at radius 3 is 1.96 bits per heavy atom. The molecule has 0 spiro atoms. The van der Waals surface area contributed by atoms with Crippen molar-refractivity contribution in [2.75, 3.05) is 0 Å². The lowest BCUT2D eigenvalue weighted by atomic mass is 10.2. The summed E-state index contributed by atoms with van der Waals surface area (Å²) in [6, 6.07) is 4.20. The van der Waals surface area contributed by atoms with Crippen molar-refractivity contribution in [3.05, 3.63) is 33.9 Å². The number of sulfonamides is 1. The molecule has 0 heterocycles. The third-order valence-corrected chi connectivity index (χ3v) is 7.46. The van der Waals surface area contributed by atoms with Gasteiger partial charge in [-0.15, -0.1) is 0 Å². The Balaban J connectivity index is 2.00. The Kier molecular flexibility index (Phi) is 4.92. The summed E-state index contributed by atoms with van der Waals surface area (Å²) in [5.41, 5.74) is 0.380. The van der Waals surface area contributed by atoms with Crippen LogP contribution in [0.4, 0.5) is 5.69 Å². The van der Waals surface area contributed by atoms with Gasteiger partial charge in [-0.05, 0) is 44.2 Å². The van der Waals surface area contributed by atoms with Gasteiger partial charge in [-0.2, -0.15) is 4.31 Å². The fraction of sp³-hybridized carbons (Fsp3) is 0.647. The maximum atomic E-state index is 13.4. The van der Waals surface area contributed by atoms with Crippen molar-refractivity contribution >= 4 is 15.7 Å². The molecule has 0 aliphatic heterocycles. The average Bonchev–Trinajstić information content (AvgIpc) is 3.21. The first-order valence-electron chi connectivity index (χ1n) is 8.70. The van der Waals surface area contributed by atoms with Gasteiger partial charge in [-0.3, -0.25) is 10.1 Å². The van der Waals surface area contributed by atoms with Crippen molar-refractivity contribution in [2.24, 2.45) is 0 Å². The molecule has 0 saturated heterocycles. The molecule has 2 aliphatic carbocycles. The van der Waals surface area contributed by atoms with E-state index in [1.54, 1.807) is 11.2 Å². The number of nitro benzene ring substituents is 1. The van der Waals surface area contributed by atoms with Crippen molar-refractivity contribution in [1.29, 1.82) is 0 Å². The number of nitro groups is 1. The number of hydrogen-bond donors (Lipinski definition) is 0. The van der Waals surface area contributed by atoms with E-state index in [0.29, 0.717) is 5.56 Å². The van der Waals surface area contributed by atoms with Gasteiger partial charge in [0.2, 0.25) is 10.0 Å². The van der Waals surface area contributed by atoms with E-state index in [2.05, 4.69) is 0 Å². The van der Waals surface area contributed by atoms with E-state index in [1.807, 2.05) is 0 Å². The van der Waals surface area contributed by atoms with Crippen LogP contribution in [0, 0.1) is 17.0 Å². The highest BCUT2D eigenvalue weighted by Gasteiger charge is 2.40. The average molecular weight is 352 g/mol. The largest absolute Gasteiger partial charge is 0.269 e. The summed E-state index contributed by atoms with van der Waals surface area (Å²) in [5, 5.41) is 10.9. The summed E-state index contributed by atoms with van der Waals surface area (Å²) in [4.78, 5) is 10.6. The minimum atomic E-state index is -3.63. The third kappa shape index (κ3) is 3.19. The quantitative estimate of drug-likeness (QED) is 0.596. The van der Waals surface area contributed by atoms with Gasteiger partial charge in [-0.25, -0.2) is 8.42 Å². The molecule has 0 N–H and O–H groups in total. The van der Waals surface area contributed by atoms with Gasteiger partial charge in [0.15, 0.2) is 0 Å². The maximum Gasteiger partial charge on any atom is 0.269 e. The molecule has 3 rings (SSSR count). The number of benzene rings is 1. The van der Waals surface area contributed by atoms with Crippen LogP contribution in [-0.4, -0.2) is 29.7 Å². The smallest absolute Gasteiger partial charge is 0.258 e. The molecule has 7 heteroatoms. The number of hydrogen-bond acceptors (Lipinski definition) is 4. The molecule has 1 aromatic rings. The van der Waals surface area contributed by atoms with Gasteiger partial charge in [0, 0.05) is 24.2 Å².